The summed E-state index contributed by atoms with van der Waals surface area (Å²) in [6, 6.07) is 1.10. The number of hydrogen-bond donors (Lipinski definition) is 0. The zero-order valence-corrected chi connectivity index (χ0v) is 24.1. The number of ether oxygens (including phenoxy) is 2. The number of esters is 1. The van der Waals surface area contributed by atoms with Crippen LogP contribution in [-0.2, 0) is 20.4 Å². The molecule has 2 unspecified atom stereocenters. The van der Waals surface area contributed by atoms with Crippen LogP contribution in [0.1, 0.15) is 32.5 Å². The van der Waals surface area contributed by atoms with Gasteiger partial charge in [0.25, 0.3) is 0 Å². The zero-order chi connectivity index (χ0) is 27.1. The normalized spacial score (nSPS) is 24.3. The van der Waals surface area contributed by atoms with Crippen LogP contribution in [-0.4, -0.2) is 49.1 Å². The molecule has 37 heavy (non-hydrogen) atoms. The maximum atomic E-state index is 13.1. The average molecular weight is 661 g/mol. The number of hydrogen-bond acceptors (Lipinski definition) is 9. The molecule has 4 heterocycles. The number of rotatable bonds is 6. The Morgan fingerprint density at radius 1 is 1.32 bits per heavy atom. The van der Waals surface area contributed by atoms with E-state index in [0.717, 1.165) is 6.20 Å². The lowest BCUT2D eigenvalue weighted by Crippen LogP contribution is -2.47. The van der Waals surface area contributed by atoms with Crippen molar-refractivity contribution in [3.63, 3.8) is 0 Å². The van der Waals surface area contributed by atoms with Crippen molar-refractivity contribution in [1.29, 1.82) is 0 Å². The van der Waals surface area contributed by atoms with E-state index in [4.69, 9.17) is 32.7 Å². The van der Waals surface area contributed by atoms with E-state index in [-0.39, 0.29) is 34.1 Å². The summed E-state index contributed by atoms with van der Waals surface area (Å²) in [6.07, 6.45) is -2.20. The molecule has 0 aromatic carbocycles. The maximum absolute atomic E-state index is 13.1. The topological polar surface area (TPSA) is 92.0 Å². The second-order valence-corrected chi connectivity index (χ2v) is 12.3. The number of thioether (sulfide) groups is 1. The summed E-state index contributed by atoms with van der Waals surface area (Å²) < 4.78 is 52.8. The SMILES string of the molecule is CC(=O)OCC1O[C@H](Sc2cnc(C(F)(F)F)c(Br)c2)C(C)[C@@H](n2cc(-c3nc(Cl)c(Cl)s3)nn2)[C@H]1C. The first-order valence-electron chi connectivity index (χ1n) is 10.8. The van der Waals surface area contributed by atoms with Gasteiger partial charge >= 0.3 is 12.1 Å². The van der Waals surface area contributed by atoms with E-state index < -0.39 is 29.4 Å². The first kappa shape index (κ1) is 28.6. The van der Waals surface area contributed by atoms with Crippen molar-refractivity contribution in [1.82, 2.24) is 25.0 Å². The Bertz CT molecular complexity index is 1280. The van der Waals surface area contributed by atoms with Crippen molar-refractivity contribution in [2.75, 3.05) is 6.61 Å². The number of nitrogens with zero attached hydrogens (tertiary/aromatic N) is 5. The standard InChI is InChI=1S/C21H19BrCl2F3N5O3S2/c1-8-14(7-34-10(3)33)35-20(36-11-4-12(22)16(28-5-11)21(25,26)27)9(2)15(8)32-6-13(30-31-32)19-29-17(23)18(24)37-19/h4-6,8-9,14-15,20H,7H2,1-3H3/t8-,9?,14?,15-,20+/m0/s1. The van der Waals surface area contributed by atoms with Gasteiger partial charge in [-0.25, -0.2) is 14.6 Å². The quantitative estimate of drug-likeness (QED) is 0.267. The molecule has 200 valence electrons. The molecular weight excluding hydrogens is 642 g/mol. The minimum atomic E-state index is -4.58. The number of carbonyl (C=O) groups excluding carboxylic acids is 1. The van der Waals surface area contributed by atoms with Gasteiger partial charge in [0.1, 0.15) is 27.1 Å². The second kappa shape index (κ2) is 11.3. The summed E-state index contributed by atoms with van der Waals surface area (Å²) in [7, 11) is 0. The van der Waals surface area contributed by atoms with Crippen LogP contribution in [0.5, 0.6) is 0 Å². The molecule has 16 heteroatoms. The Kier molecular flexibility index (Phi) is 8.76. The lowest BCUT2D eigenvalue weighted by molar-refractivity contribution is -0.156. The number of thiazole rings is 1. The van der Waals surface area contributed by atoms with Crippen LogP contribution in [0.2, 0.25) is 9.49 Å². The van der Waals surface area contributed by atoms with Crippen LogP contribution >= 0.6 is 62.2 Å². The number of halogens is 6. The monoisotopic (exact) mass is 659 g/mol. The molecule has 0 radical (unpaired) electrons. The predicted octanol–water partition coefficient (Wildman–Crippen LogP) is 6.78. The van der Waals surface area contributed by atoms with Crippen molar-refractivity contribution < 1.29 is 27.4 Å². The summed E-state index contributed by atoms with van der Waals surface area (Å²) in [4.78, 5) is 19.7. The van der Waals surface area contributed by atoms with Crippen molar-refractivity contribution in [2.45, 2.75) is 49.4 Å². The highest BCUT2D eigenvalue weighted by Gasteiger charge is 2.44. The first-order valence-corrected chi connectivity index (χ1v) is 14.0. The first-order chi connectivity index (χ1) is 17.3. The molecule has 0 amide bonds. The largest absolute Gasteiger partial charge is 0.463 e. The summed E-state index contributed by atoms with van der Waals surface area (Å²) in [5.41, 5.74) is -1.05. The summed E-state index contributed by atoms with van der Waals surface area (Å²) >= 11 is 17.4. The molecule has 1 aliphatic heterocycles. The van der Waals surface area contributed by atoms with Gasteiger partial charge in [0.05, 0.1) is 18.3 Å². The molecule has 3 aromatic rings. The van der Waals surface area contributed by atoms with Gasteiger partial charge in [-0.1, -0.05) is 65.4 Å². The number of alkyl halides is 3. The van der Waals surface area contributed by atoms with Gasteiger partial charge in [-0.3, -0.25) is 4.79 Å². The van der Waals surface area contributed by atoms with E-state index in [9.17, 15) is 18.0 Å². The third kappa shape index (κ3) is 6.41. The average Bonchev–Trinajstić information content (AvgIpc) is 3.41. The number of pyridine rings is 1. The van der Waals surface area contributed by atoms with Crippen LogP contribution in [0.3, 0.4) is 0 Å². The summed E-state index contributed by atoms with van der Waals surface area (Å²) in [5.74, 6) is -0.805. The van der Waals surface area contributed by atoms with Crippen LogP contribution < -0.4 is 0 Å². The second-order valence-electron chi connectivity index (χ2n) is 8.34. The highest BCUT2D eigenvalue weighted by atomic mass is 79.9. The molecule has 0 N–H and O–H groups in total. The lowest BCUT2D eigenvalue weighted by Gasteiger charge is -2.44. The smallest absolute Gasteiger partial charge is 0.434 e. The Morgan fingerprint density at radius 3 is 2.65 bits per heavy atom. The fraction of sp³-hybridized carbons (Fsp3) is 0.476. The molecule has 1 aliphatic rings. The van der Waals surface area contributed by atoms with Gasteiger partial charge < -0.3 is 9.47 Å². The molecule has 0 spiro atoms. The minimum Gasteiger partial charge on any atom is -0.463 e. The van der Waals surface area contributed by atoms with Crippen LogP contribution in [0.25, 0.3) is 10.7 Å². The van der Waals surface area contributed by atoms with E-state index in [2.05, 4.69) is 36.2 Å². The molecule has 5 atom stereocenters. The third-order valence-corrected chi connectivity index (χ3v) is 9.40. The van der Waals surface area contributed by atoms with Gasteiger partial charge in [-0.2, -0.15) is 13.2 Å². The lowest BCUT2D eigenvalue weighted by atomic mass is 9.84. The van der Waals surface area contributed by atoms with Crippen LogP contribution in [0, 0.1) is 11.8 Å². The zero-order valence-electron chi connectivity index (χ0n) is 19.4. The molecule has 3 aromatic heterocycles. The highest BCUT2D eigenvalue weighted by molar-refractivity contribution is 9.10. The molecule has 1 saturated heterocycles. The number of aromatic nitrogens is 5. The maximum Gasteiger partial charge on any atom is 0.434 e. The van der Waals surface area contributed by atoms with E-state index in [1.165, 1.54) is 36.1 Å². The number of carbonyl (C=O) groups is 1. The molecule has 4 rings (SSSR count). The van der Waals surface area contributed by atoms with E-state index >= 15 is 0 Å². The van der Waals surface area contributed by atoms with Gasteiger partial charge in [-0.15, -0.1) is 5.10 Å². The van der Waals surface area contributed by atoms with Gasteiger partial charge in [-0.05, 0) is 22.0 Å². The summed E-state index contributed by atoms with van der Waals surface area (Å²) in [6.45, 7) is 5.21. The molecule has 0 aliphatic carbocycles. The predicted molar refractivity (Wildman–Crippen MR) is 137 cm³/mol. The minimum absolute atomic E-state index is 0.00495. The Morgan fingerprint density at radius 2 is 2.05 bits per heavy atom. The van der Waals surface area contributed by atoms with E-state index in [1.807, 2.05) is 13.8 Å². The fourth-order valence-corrected chi connectivity index (χ4v) is 7.04. The fourth-order valence-electron chi connectivity index (χ4n) is 4.03. The molecular formula is C21H19BrCl2F3N5O3S2. The van der Waals surface area contributed by atoms with Crippen molar-refractivity contribution in [3.05, 3.63) is 38.1 Å². The van der Waals surface area contributed by atoms with Crippen molar-refractivity contribution in [3.8, 4) is 10.7 Å². The molecule has 8 nitrogen and oxygen atoms in total. The molecule has 1 fully saturated rings. The Labute approximate surface area is 236 Å². The Balaban J connectivity index is 1.63. The summed E-state index contributed by atoms with van der Waals surface area (Å²) in [5, 5.41) is 9.22. The molecule has 0 bridgehead atoms. The van der Waals surface area contributed by atoms with Crippen molar-refractivity contribution in [2.24, 2.45) is 11.8 Å². The van der Waals surface area contributed by atoms with Gasteiger partial charge in [0, 0.05) is 34.3 Å². The van der Waals surface area contributed by atoms with Gasteiger partial charge in [0.2, 0.25) is 0 Å². The van der Waals surface area contributed by atoms with E-state index in [0.29, 0.717) is 19.9 Å². The Hall–Kier alpha value is -1.45. The molecule has 0 saturated carbocycles. The highest BCUT2D eigenvalue weighted by Crippen LogP contribution is 2.45. The third-order valence-electron chi connectivity index (χ3n) is 5.77. The van der Waals surface area contributed by atoms with E-state index in [1.54, 1.807) is 10.9 Å². The van der Waals surface area contributed by atoms with Crippen LogP contribution in [0.4, 0.5) is 13.2 Å². The van der Waals surface area contributed by atoms with Crippen LogP contribution in [0.15, 0.2) is 27.8 Å². The van der Waals surface area contributed by atoms with Gasteiger partial charge in [0.15, 0.2) is 10.8 Å². The van der Waals surface area contributed by atoms with Crippen molar-refractivity contribution >= 4 is 68.2 Å².